The Morgan fingerprint density at radius 1 is 1.32 bits per heavy atom. The Bertz CT molecular complexity index is 1020. The van der Waals surface area contributed by atoms with Gasteiger partial charge in [0.05, 0.1) is 32.1 Å². The minimum Gasteiger partial charge on any atom is -0.493 e. The van der Waals surface area contributed by atoms with Crippen molar-refractivity contribution in [3.63, 3.8) is 0 Å². The molecule has 1 aromatic carbocycles. The molecule has 0 bridgehead atoms. The van der Waals surface area contributed by atoms with Crippen LogP contribution in [-0.2, 0) is 9.59 Å². The van der Waals surface area contributed by atoms with Crippen LogP contribution in [0.3, 0.4) is 0 Å². The molecule has 0 spiro atoms. The average molecular weight is 460 g/mol. The summed E-state index contributed by atoms with van der Waals surface area (Å²) in [6, 6.07) is 3.55. The highest BCUT2D eigenvalue weighted by Crippen LogP contribution is 2.44. The van der Waals surface area contributed by atoms with E-state index >= 15 is 0 Å². The molecule has 0 fully saturated rings. The first-order valence-corrected chi connectivity index (χ1v) is 11.0. The van der Waals surface area contributed by atoms with E-state index in [4.69, 9.17) is 20.6 Å². The number of rotatable bonds is 8. The summed E-state index contributed by atoms with van der Waals surface area (Å²) in [5.74, 6) is 3.32. The number of allylic oxidation sites excluding steroid dienone is 1. The molecular formula is C21H21N3O5S2. The number of benzene rings is 1. The van der Waals surface area contributed by atoms with Crippen LogP contribution in [0.5, 0.6) is 17.2 Å². The SMILES string of the molecule is C#CC1=C(SCC(=O)Nc2nccs2)NC(=O)CC1c1cc(OC)c(OC)c(OC)c1. The summed E-state index contributed by atoms with van der Waals surface area (Å²) in [7, 11) is 4.57. The van der Waals surface area contributed by atoms with Gasteiger partial charge < -0.3 is 24.8 Å². The second kappa shape index (κ2) is 10.2. The number of methoxy groups -OCH3 is 3. The number of terminal acetylenes is 1. The molecule has 1 unspecified atom stereocenters. The molecule has 162 valence electrons. The Hall–Kier alpha value is -3.16. The van der Waals surface area contributed by atoms with Crippen molar-refractivity contribution in [1.29, 1.82) is 0 Å². The predicted octanol–water partition coefficient (Wildman–Crippen LogP) is 2.99. The van der Waals surface area contributed by atoms with Crippen LogP contribution in [-0.4, -0.2) is 43.9 Å². The maximum atomic E-state index is 12.4. The lowest BCUT2D eigenvalue weighted by molar-refractivity contribution is -0.121. The maximum absolute atomic E-state index is 12.4. The number of ether oxygens (including phenoxy) is 3. The van der Waals surface area contributed by atoms with E-state index < -0.39 is 5.92 Å². The number of nitrogens with zero attached hydrogens (tertiary/aromatic N) is 1. The highest BCUT2D eigenvalue weighted by Gasteiger charge is 2.30. The van der Waals surface area contributed by atoms with Crippen molar-refractivity contribution in [2.45, 2.75) is 12.3 Å². The van der Waals surface area contributed by atoms with Gasteiger partial charge >= 0.3 is 0 Å². The van der Waals surface area contributed by atoms with Crippen molar-refractivity contribution in [1.82, 2.24) is 10.3 Å². The fraction of sp³-hybridized carbons (Fsp3) is 0.286. The van der Waals surface area contributed by atoms with E-state index in [1.807, 2.05) is 0 Å². The normalized spacial score (nSPS) is 15.7. The molecule has 31 heavy (non-hydrogen) atoms. The first-order valence-electron chi connectivity index (χ1n) is 9.13. The Labute approximate surface area is 188 Å². The average Bonchev–Trinajstić information content (AvgIpc) is 3.29. The van der Waals surface area contributed by atoms with Gasteiger partial charge in [0, 0.05) is 29.5 Å². The van der Waals surface area contributed by atoms with Gasteiger partial charge in [-0.3, -0.25) is 9.59 Å². The van der Waals surface area contributed by atoms with Crippen LogP contribution in [0.4, 0.5) is 5.13 Å². The zero-order valence-electron chi connectivity index (χ0n) is 17.2. The van der Waals surface area contributed by atoms with Crippen molar-refractivity contribution in [2.75, 3.05) is 32.4 Å². The Kier molecular flexibility index (Phi) is 7.44. The molecule has 1 aliphatic rings. The topological polar surface area (TPSA) is 98.8 Å². The quantitative estimate of drug-likeness (QED) is 0.586. The van der Waals surface area contributed by atoms with E-state index in [0.717, 1.165) is 5.56 Å². The number of amides is 2. The molecule has 1 aliphatic heterocycles. The van der Waals surface area contributed by atoms with Crippen LogP contribution < -0.4 is 24.8 Å². The molecular weight excluding hydrogens is 438 g/mol. The lowest BCUT2D eigenvalue weighted by atomic mass is 9.86. The van der Waals surface area contributed by atoms with Crippen LogP contribution >= 0.6 is 23.1 Å². The summed E-state index contributed by atoms with van der Waals surface area (Å²) in [4.78, 5) is 28.7. The van der Waals surface area contributed by atoms with Gasteiger partial charge in [-0.2, -0.15) is 0 Å². The van der Waals surface area contributed by atoms with Gasteiger partial charge in [-0.25, -0.2) is 4.98 Å². The number of carbonyl (C=O) groups excluding carboxylic acids is 2. The van der Waals surface area contributed by atoms with E-state index in [1.165, 1.54) is 44.4 Å². The number of nitrogens with one attached hydrogen (secondary N) is 2. The van der Waals surface area contributed by atoms with E-state index in [0.29, 0.717) is 33.0 Å². The molecule has 2 aromatic rings. The summed E-state index contributed by atoms with van der Waals surface area (Å²) >= 11 is 2.50. The summed E-state index contributed by atoms with van der Waals surface area (Å²) in [5, 5.41) is 8.26. The molecule has 0 aliphatic carbocycles. The van der Waals surface area contributed by atoms with E-state index in [-0.39, 0.29) is 24.0 Å². The minimum absolute atomic E-state index is 0.0718. The summed E-state index contributed by atoms with van der Waals surface area (Å²) in [6.45, 7) is 0. The maximum Gasteiger partial charge on any atom is 0.236 e. The van der Waals surface area contributed by atoms with Gasteiger partial charge in [0.2, 0.25) is 17.6 Å². The van der Waals surface area contributed by atoms with E-state index in [1.54, 1.807) is 23.7 Å². The van der Waals surface area contributed by atoms with Gasteiger partial charge in [0.15, 0.2) is 16.6 Å². The Balaban J connectivity index is 1.89. The number of thiazole rings is 1. The minimum atomic E-state index is -0.392. The predicted molar refractivity (Wildman–Crippen MR) is 121 cm³/mol. The summed E-state index contributed by atoms with van der Waals surface area (Å²) < 4.78 is 16.2. The number of carbonyl (C=O) groups is 2. The number of aromatic nitrogens is 1. The number of anilines is 1. The molecule has 3 rings (SSSR count). The molecule has 2 amide bonds. The third-order valence-corrected chi connectivity index (χ3v) is 6.21. The molecule has 0 saturated carbocycles. The fourth-order valence-corrected chi connectivity index (χ4v) is 4.57. The Morgan fingerprint density at radius 3 is 2.58 bits per heavy atom. The van der Waals surface area contributed by atoms with Crippen LogP contribution in [0.2, 0.25) is 0 Å². The number of hydrogen-bond acceptors (Lipinski definition) is 8. The van der Waals surface area contributed by atoms with Crippen molar-refractivity contribution in [3.8, 4) is 29.6 Å². The second-order valence-corrected chi connectivity index (χ2v) is 8.20. The van der Waals surface area contributed by atoms with Crippen molar-refractivity contribution < 1.29 is 23.8 Å². The standard InChI is InChI=1S/C21H21N3O5S2/c1-5-13-14(12-8-15(27-2)19(29-4)16(9-12)28-3)10-17(25)23-20(13)31-11-18(26)24-21-22-6-7-30-21/h1,6-9,14H,10-11H2,2-4H3,(H,23,25)(H,22,24,26). The number of thioether (sulfide) groups is 1. The van der Waals surface area contributed by atoms with E-state index in [2.05, 4.69) is 21.5 Å². The molecule has 0 radical (unpaired) electrons. The zero-order valence-corrected chi connectivity index (χ0v) is 18.8. The van der Waals surface area contributed by atoms with Gasteiger partial charge in [0.25, 0.3) is 0 Å². The second-order valence-electron chi connectivity index (χ2n) is 6.32. The van der Waals surface area contributed by atoms with Gasteiger partial charge in [-0.05, 0) is 17.7 Å². The largest absolute Gasteiger partial charge is 0.493 e. The van der Waals surface area contributed by atoms with Crippen LogP contribution in [0.15, 0.2) is 34.3 Å². The molecule has 8 nitrogen and oxygen atoms in total. The third-order valence-electron chi connectivity index (χ3n) is 4.51. The molecule has 0 saturated heterocycles. The summed E-state index contributed by atoms with van der Waals surface area (Å²) in [6.07, 6.45) is 7.58. The lowest BCUT2D eigenvalue weighted by Gasteiger charge is -2.27. The monoisotopic (exact) mass is 459 g/mol. The molecule has 1 atom stereocenters. The zero-order chi connectivity index (χ0) is 22.4. The van der Waals surface area contributed by atoms with Crippen LogP contribution in [0.25, 0.3) is 0 Å². The highest BCUT2D eigenvalue weighted by molar-refractivity contribution is 8.03. The number of hydrogen-bond donors (Lipinski definition) is 2. The first kappa shape index (κ1) is 22.5. The van der Waals surface area contributed by atoms with Crippen molar-refractivity contribution in [2.24, 2.45) is 0 Å². The van der Waals surface area contributed by atoms with Gasteiger partial charge in [-0.15, -0.1) is 17.8 Å². The molecule has 10 heteroatoms. The summed E-state index contributed by atoms with van der Waals surface area (Å²) in [5.41, 5.74) is 1.34. The lowest BCUT2D eigenvalue weighted by Crippen LogP contribution is -2.31. The molecule has 2 heterocycles. The fourth-order valence-electron chi connectivity index (χ4n) is 3.14. The molecule has 1 aromatic heterocycles. The van der Waals surface area contributed by atoms with Crippen LogP contribution in [0, 0.1) is 12.3 Å². The van der Waals surface area contributed by atoms with Gasteiger partial charge in [0.1, 0.15) is 0 Å². The molecule has 2 N–H and O–H groups in total. The first-order chi connectivity index (χ1) is 15.0. The third kappa shape index (κ3) is 5.13. The van der Waals surface area contributed by atoms with Crippen molar-refractivity contribution in [3.05, 3.63) is 39.9 Å². The smallest absolute Gasteiger partial charge is 0.236 e. The highest BCUT2D eigenvalue weighted by atomic mass is 32.2. The van der Waals surface area contributed by atoms with Gasteiger partial charge in [-0.1, -0.05) is 17.7 Å². The van der Waals surface area contributed by atoms with E-state index in [9.17, 15) is 9.59 Å². The van der Waals surface area contributed by atoms with Crippen LogP contribution in [0.1, 0.15) is 17.9 Å². The Morgan fingerprint density at radius 2 is 2.03 bits per heavy atom. The van der Waals surface area contributed by atoms with Crippen molar-refractivity contribution >= 4 is 40.0 Å².